The molecule has 0 aliphatic heterocycles. The van der Waals surface area contributed by atoms with E-state index in [1.165, 1.54) is 0 Å². The van der Waals surface area contributed by atoms with E-state index in [4.69, 9.17) is 5.14 Å². The molecule has 6 nitrogen and oxygen atoms in total. The van der Waals surface area contributed by atoms with Gasteiger partial charge in [-0.05, 0) is 50.1 Å². The highest BCUT2D eigenvalue weighted by Gasteiger charge is 2.12. The number of hydrogen-bond acceptors (Lipinski definition) is 4. The number of hydrogen-bond donors (Lipinski definition) is 2. The van der Waals surface area contributed by atoms with Crippen molar-refractivity contribution in [3.05, 3.63) is 41.2 Å². The fourth-order valence-corrected chi connectivity index (χ4v) is 2.78. The Labute approximate surface area is 125 Å². The van der Waals surface area contributed by atoms with Crippen molar-refractivity contribution in [2.75, 3.05) is 5.32 Å². The van der Waals surface area contributed by atoms with Crippen LogP contribution in [0.4, 0.5) is 5.69 Å². The summed E-state index contributed by atoms with van der Waals surface area (Å²) in [7, 11) is -3.71. The molecule has 0 atom stereocenters. The van der Waals surface area contributed by atoms with E-state index in [0.717, 1.165) is 29.1 Å². The molecule has 0 saturated carbocycles. The number of aromatic nitrogens is 2. The fourth-order valence-electron chi connectivity index (χ4n) is 2.15. The highest BCUT2D eigenvalue weighted by Crippen LogP contribution is 2.24. The van der Waals surface area contributed by atoms with Crippen LogP contribution in [0.25, 0.3) is 0 Å². The molecule has 2 aromatic rings. The number of nitrogens with two attached hydrogens (primary N) is 1. The Hall–Kier alpha value is -1.86. The van der Waals surface area contributed by atoms with Gasteiger partial charge in [-0.3, -0.25) is 4.68 Å². The Morgan fingerprint density at radius 2 is 2.05 bits per heavy atom. The average Bonchev–Trinajstić information content (AvgIpc) is 2.86. The van der Waals surface area contributed by atoms with Gasteiger partial charge in [0.2, 0.25) is 10.0 Å². The van der Waals surface area contributed by atoms with Crippen LogP contribution in [0, 0.1) is 13.8 Å². The van der Waals surface area contributed by atoms with Gasteiger partial charge in [-0.2, -0.15) is 5.10 Å². The van der Waals surface area contributed by atoms with Gasteiger partial charge >= 0.3 is 0 Å². The molecule has 0 saturated heterocycles. The lowest BCUT2D eigenvalue weighted by atomic mass is 10.1. The van der Waals surface area contributed by atoms with E-state index in [2.05, 4.69) is 10.4 Å². The van der Waals surface area contributed by atoms with Crippen molar-refractivity contribution in [1.29, 1.82) is 0 Å². The fraction of sp³-hybridized carbons (Fsp3) is 0.357. The van der Waals surface area contributed by atoms with Gasteiger partial charge in [0.15, 0.2) is 0 Å². The smallest absolute Gasteiger partial charge is 0.238 e. The maximum Gasteiger partial charge on any atom is 0.238 e. The van der Waals surface area contributed by atoms with Gasteiger partial charge in [0.05, 0.1) is 17.1 Å². The van der Waals surface area contributed by atoms with Crippen LogP contribution in [-0.4, -0.2) is 18.2 Å². The van der Waals surface area contributed by atoms with Gasteiger partial charge in [0, 0.05) is 18.4 Å². The third-order valence-corrected chi connectivity index (χ3v) is 4.43. The Kier molecular flexibility index (Phi) is 4.34. The van der Waals surface area contributed by atoms with Crippen molar-refractivity contribution in [2.24, 2.45) is 5.14 Å². The minimum atomic E-state index is -3.71. The van der Waals surface area contributed by atoms with Crippen LogP contribution in [0.5, 0.6) is 0 Å². The molecular weight excluding hydrogens is 288 g/mol. The van der Waals surface area contributed by atoms with Gasteiger partial charge in [-0.1, -0.05) is 0 Å². The zero-order chi connectivity index (χ0) is 15.6. The minimum absolute atomic E-state index is 0.122. The van der Waals surface area contributed by atoms with Crippen LogP contribution in [0.3, 0.4) is 0 Å². The normalized spacial score (nSPS) is 11.6. The first-order valence-electron chi connectivity index (χ1n) is 6.71. The predicted octanol–water partition coefficient (Wildman–Crippen LogP) is 1.78. The molecule has 7 heteroatoms. The Bertz CT molecular complexity index is 750. The molecule has 21 heavy (non-hydrogen) atoms. The maximum absolute atomic E-state index is 11.5. The number of anilines is 1. The topological polar surface area (TPSA) is 90.0 Å². The molecule has 3 N–H and O–H groups in total. The zero-order valence-electron chi connectivity index (χ0n) is 12.4. The van der Waals surface area contributed by atoms with Gasteiger partial charge in [0.25, 0.3) is 0 Å². The van der Waals surface area contributed by atoms with E-state index >= 15 is 0 Å². The first kappa shape index (κ1) is 15.5. The molecule has 0 aliphatic carbocycles. The summed E-state index contributed by atoms with van der Waals surface area (Å²) in [5.74, 6) is 0. The third kappa shape index (κ3) is 3.43. The number of rotatable bonds is 5. The molecule has 0 spiro atoms. The standard InChI is InChI=1S/C14H20N4O2S/c1-4-18-12(5-6-17-18)9-16-14-8-13(21(15,19)20)7-10(2)11(14)3/h5-8,16H,4,9H2,1-3H3,(H2,15,19,20). The summed E-state index contributed by atoms with van der Waals surface area (Å²) in [4.78, 5) is 0.122. The Morgan fingerprint density at radius 1 is 1.33 bits per heavy atom. The van der Waals surface area contributed by atoms with Crippen molar-refractivity contribution < 1.29 is 8.42 Å². The molecule has 0 unspecified atom stereocenters. The number of benzene rings is 1. The van der Waals surface area contributed by atoms with E-state index in [9.17, 15) is 8.42 Å². The van der Waals surface area contributed by atoms with Crippen molar-refractivity contribution >= 4 is 15.7 Å². The summed E-state index contributed by atoms with van der Waals surface area (Å²) in [5.41, 5.74) is 3.69. The molecule has 0 aliphatic rings. The van der Waals surface area contributed by atoms with E-state index < -0.39 is 10.0 Å². The van der Waals surface area contributed by atoms with Gasteiger partial charge < -0.3 is 5.32 Å². The first-order valence-corrected chi connectivity index (χ1v) is 8.26. The van der Waals surface area contributed by atoms with Crippen LogP contribution < -0.4 is 10.5 Å². The number of nitrogens with one attached hydrogen (secondary N) is 1. The lowest BCUT2D eigenvalue weighted by Gasteiger charge is -2.14. The lowest BCUT2D eigenvalue weighted by molar-refractivity contribution is 0.597. The molecule has 1 heterocycles. The molecule has 114 valence electrons. The molecule has 2 rings (SSSR count). The van der Waals surface area contributed by atoms with Crippen LogP contribution in [-0.2, 0) is 23.1 Å². The summed E-state index contributed by atoms with van der Waals surface area (Å²) in [5, 5.41) is 12.7. The third-order valence-electron chi connectivity index (χ3n) is 3.53. The lowest BCUT2D eigenvalue weighted by Crippen LogP contribution is -2.14. The number of sulfonamides is 1. The SMILES string of the molecule is CCn1nccc1CNc1cc(S(N)(=O)=O)cc(C)c1C. The van der Waals surface area contributed by atoms with E-state index in [-0.39, 0.29) is 4.90 Å². The van der Waals surface area contributed by atoms with Gasteiger partial charge in [-0.15, -0.1) is 0 Å². The summed E-state index contributed by atoms with van der Waals surface area (Å²) in [6, 6.07) is 5.10. The quantitative estimate of drug-likeness (QED) is 0.881. The molecule has 1 aromatic heterocycles. The monoisotopic (exact) mass is 308 g/mol. The second-order valence-corrected chi connectivity index (χ2v) is 6.51. The summed E-state index contributed by atoms with van der Waals surface area (Å²) >= 11 is 0. The van der Waals surface area contributed by atoms with Crippen LogP contribution in [0.15, 0.2) is 29.3 Å². The molecule has 0 fully saturated rings. The summed E-state index contributed by atoms with van der Waals surface area (Å²) < 4.78 is 24.9. The van der Waals surface area contributed by atoms with Crippen molar-refractivity contribution in [1.82, 2.24) is 9.78 Å². The second kappa shape index (κ2) is 5.87. The minimum Gasteiger partial charge on any atom is -0.379 e. The summed E-state index contributed by atoms with van der Waals surface area (Å²) in [6.07, 6.45) is 1.75. The molecule has 1 aromatic carbocycles. The largest absolute Gasteiger partial charge is 0.379 e. The number of primary sulfonamides is 1. The second-order valence-electron chi connectivity index (χ2n) is 4.95. The Balaban J connectivity index is 2.30. The van der Waals surface area contributed by atoms with Crippen molar-refractivity contribution in [2.45, 2.75) is 38.8 Å². The molecular formula is C14H20N4O2S. The van der Waals surface area contributed by atoms with Crippen molar-refractivity contribution in [3.8, 4) is 0 Å². The highest BCUT2D eigenvalue weighted by molar-refractivity contribution is 7.89. The molecule has 0 radical (unpaired) electrons. The van der Waals surface area contributed by atoms with Crippen molar-refractivity contribution in [3.63, 3.8) is 0 Å². The summed E-state index contributed by atoms with van der Waals surface area (Å²) in [6.45, 7) is 7.20. The van der Waals surface area contributed by atoms with E-state index in [1.807, 2.05) is 31.5 Å². The predicted molar refractivity (Wildman–Crippen MR) is 82.5 cm³/mol. The average molecular weight is 308 g/mol. The van der Waals surface area contributed by atoms with Gasteiger partial charge in [0.1, 0.15) is 0 Å². The zero-order valence-corrected chi connectivity index (χ0v) is 13.2. The molecule has 0 bridgehead atoms. The highest BCUT2D eigenvalue weighted by atomic mass is 32.2. The van der Waals surface area contributed by atoms with E-state index in [1.54, 1.807) is 18.3 Å². The van der Waals surface area contributed by atoms with E-state index in [0.29, 0.717) is 6.54 Å². The molecule has 0 amide bonds. The van der Waals surface area contributed by atoms with Gasteiger partial charge in [-0.25, -0.2) is 13.6 Å². The van der Waals surface area contributed by atoms with Crippen LogP contribution in [0.2, 0.25) is 0 Å². The Morgan fingerprint density at radius 3 is 2.67 bits per heavy atom. The number of aryl methyl sites for hydroxylation is 2. The number of nitrogens with zero attached hydrogens (tertiary/aromatic N) is 2. The van der Waals surface area contributed by atoms with Crippen LogP contribution >= 0.6 is 0 Å². The maximum atomic E-state index is 11.5. The van der Waals surface area contributed by atoms with Crippen LogP contribution in [0.1, 0.15) is 23.7 Å². The first-order chi connectivity index (χ1) is 9.82.